The van der Waals surface area contributed by atoms with Gasteiger partial charge in [-0.25, -0.2) is 9.59 Å². The summed E-state index contributed by atoms with van der Waals surface area (Å²) < 4.78 is 0. The van der Waals surface area contributed by atoms with Crippen LogP contribution in [-0.4, -0.2) is 40.9 Å². The Morgan fingerprint density at radius 3 is 2.21 bits per heavy atom. The fourth-order valence-corrected chi connectivity index (χ4v) is 4.30. The van der Waals surface area contributed by atoms with Crippen LogP contribution in [0.15, 0.2) is 54.6 Å². The first kappa shape index (κ1) is 22.3. The molecule has 4 rings (SSSR count). The second kappa shape index (κ2) is 9.72. The quantitative estimate of drug-likeness (QED) is 0.500. The van der Waals surface area contributed by atoms with Crippen LogP contribution >= 0.6 is 0 Å². The van der Waals surface area contributed by atoms with Crippen molar-refractivity contribution in [2.24, 2.45) is 0 Å². The first-order valence-corrected chi connectivity index (χ1v) is 11.1. The van der Waals surface area contributed by atoms with Crippen molar-refractivity contribution < 1.29 is 19.2 Å². The molecule has 1 spiro atoms. The van der Waals surface area contributed by atoms with Crippen LogP contribution in [-0.2, 0) is 9.59 Å². The normalized spacial score (nSPS) is 16.9. The fraction of sp³-hybridized carbons (Fsp3) is 0.333. The van der Waals surface area contributed by atoms with Crippen LogP contribution in [0, 0.1) is 0 Å². The third kappa shape index (κ3) is 5.31. The Kier molecular flexibility index (Phi) is 6.58. The molecule has 172 valence electrons. The number of benzene rings is 2. The number of rotatable bonds is 6. The van der Waals surface area contributed by atoms with Gasteiger partial charge in [-0.3, -0.25) is 14.5 Å². The summed E-state index contributed by atoms with van der Waals surface area (Å²) in [4.78, 5) is 50.9. The van der Waals surface area contributed by atoms with Gasteiger partial charge in [-0.2, -0.15) is 0 Å². The number of imide groups is 1. The molecule has 0 unspecified atom stereocenters. The van der Waals surface area contributed by atoms with Crippen molar-refractivity contribution in [2.75, 3.05) is 22.5 Å². The number of amides is 6. The molecule has 0 atom stereocenters. The molecule has 0 radical (unpaired) electrons. The van der Waals surface area contributed by atoms with Gasteiger partial charge in [0.15, 0.2) is 0 Å². The van der Waals surface area contributed by atoms with E-state index in [0.29, 0.717) is 29.9 Å². The van der Waals surface area contributed by atoms with Gasteiger partial charge in [-0.05, 0) is 43.2 Å². The van der Waals surface area contributed by atoms with E-state index in [1.165, 1.54) is 0 Å². The highest BCUT2D eigenvalue weighted by atomic mass is 16.2. The largest absolute Gasteiger partial charge is 0.326 e. The molecule has 9 nitrogen and oxygen atoms in total. The van der Waals surface area contributed by atoms with E-state index < -0.39 is 17.6 Å². The number of para-hydroxylation sites is 1. The van der Waals surface area contributed by atoms with Gasteiger partial charge in [0.2, 0.25) is 5.91 Å². The predicted molar refractivity (Wildman–Crippen MR) is 125 cm³/mol. The van der Waals surface area contributed by atoms with E-state index in [9.17, 15) is 19.2 Å². The summed E-state index contributed by atoms with van der Waals surface area (Å²) in [7, 11) is 0. The van der Waals surface area contributed by atoms with E-state index in [0.717, 1.165) is 24.2 Å². The standard InChI is InChI=1S/C24H27N5O4/c30-20(12-15-29-21(31)24(28-23(29)33)13-5-2-6-14-24)25-18-10-7-11-19(16-18)27-22(32)26-17-8-3-1-4-9-17/h1,3-4,7-11,16H,2,5-6,12-15H2,(H,25,30)(H,28,33)(H2,26,27,32). The Hall–Kier alpha value is -3.88. The molecule has 33 heavy (non-hydrogen) atoms. The SMILES string of the molecule is O=C(CCN1C(=O)NC2(CCCCC2)C1=O)Nc1cccc(NC(=O)Nc2ccccc2)c1. The minimum absolute atomic E-state index is 0.0125. The Labute approximate surface area is 191 Å². The van der Waals surface area contributed by atoms with Crippen LogP contribution in [0.2, 0.25) is 0 Å². The summed E-state index contributed by atoms with van der Waals surface area (Å²) in [6.45, 7) is 0.0235. The summed E-state index contributed by atoms with van der Waals surface area (Å²) in [5, 5.41) is 11.0. The lowest BCUT2D eigenvalue weighted by atomic mass is 9.82. The molecule has 0 aromatic heterocycles. The molecule has 1 aliphatic carbocycles. The minimum Gasteiger partial charge on any atom is -0.326 e. The van der Waals surface area contributed by atoms with E-state index in [2.05, 4.69) is 21.3 Å². The maximum atomic E-state index is 12.8. The van der Waals surface area contributed by atoms with Gasteiger partial charge in [0, 0.05) is 30.0 Å². The van der Waals surface area contributed by atoms with Crippen LogP contribution in [0.3, 0.4) is 0 Å². The Balaban J connectivity index is 1.29. The molecule has 2 aromatic rings. The number of nitrogens with one attached hydrogen (secondary N) is 4. The van der Waals surface area contributed by atoms with E-state index in [4.69, 9.17) is 0 Å². The summed E-state index contributed by atoms with van der Waals surface area (Å²) >= 11 is 0. The first-order valence-electron chi connectivity index (χ1n) is 11.1. The second-order valence-electron chi connectivity index (χ2n) is 8.35. The number of hydrogen-bond acceptors (Lipinski definition) is 4. The summed E-state index contributed by atoms with van der Waals surface area (Å²) in [5.41, 5.74) is 0.884. The van der Waals surface area contributed by atoms with Crippen molar-refractivity contribution in [3.05, 3.63) is 54.6 Å². The van der Waals surface area contributed by atoms with Gasteiger partial charge in [0.1, 0.15) is 5.54 Å². The number of anilines is 3. The molecule has 2 fully saturated rings. The molecule has 1 saturated carbocycles. The maximum Gasteiger partial charge on any atom is 0.325 e. The zero-order valence-corrected chi connectivity index (χ0v) is 18.2. The zero-order chi connectivity index (χ0) is 23.3. The molecule has 0 bridgehead atoms. The molecule has 1 saturated heterocycles. The molecular weight excluding hydrogens is 422 g/mol. The van der Waals surface area contributed by atoms with Gasteiger partial charge >= 0.3 is 12.1 Å². The third-order valence-electron chi connectivity index (χ3n) is 5.95. The Morgan fingerprint density at radius 1 is 0.848 bits per heavy atom. The lowest BCUT2D eigenvalue weighted by Gasteiger charge is -2.30. The molecule has 6 amide bonds. The highest BCUT2D eigenvalue weighted by Gasteiger charge is 2.51. The molecule has 1 heterocycles. The summed E-state index contributed by atoms with van der Waals surface area (Å²) in [6, 6.07) is 15.0. The first-order chi connectivity index (χ1) is 15.9. The average Bonchev–Trinajstić information content (AvgIpc) is 3.02. The monoisotopic (exact) mass is 449 g/mol. The summed E-state index contributed by atoms with van der Waals surface area (Å²) in [5.74, 6) is -0.554. The number of hydrogen-bond donors (Lipinski definition) is 4. The van der Waals surface area contributed by atoms with Gasteiger partial charge in [0.25, 0.3) is 5.91 Å². The highest BCUT2D eigenvalue weighted by Crippen LogP contribution is 2.33. The lowest BCUT2D eigenvalue weighted by Crippen LogP contribution is -2.48. The van der Waals surface area contributed by atoms with E-state index in [1.807, 2.05) is 18.2 Å². The van der Waals surface area contributed by atoms with E-state index in [1.54, 1.807) is 36.4 Å². The van der Waals surface area contributed by atoms with Crippen LogP contribution in [0.25, 0.3) is 0 Å². The number of nitrogens with zero attached hydrogens (tertiary/aromatic N) is 1. The Bertz CT molecular complexity index is 1050. The molecule has 2 aliphatic rings. The minimum atomic E-state index is -0.786. The number of carbonyl (C=O) groups excluding carboxylic acids is 4. The number of carbonyl (C=O) groups is 4. The van der Waals surface area contributed by atoms with Crippen LogP contribution in [0.1, 0.15) is 38.5 Å². The lowest BCUT2D eigenvalue weighted by molar-refractivity contribution is -0.132. The van der Waals surface area contributed by atoms with Crippen LogP contribution in [0.5, 0.6) is 0 Å². The molecule has 1 aliphatic heterocycles. The topological polar surface area (TPSA) is 120 Å². The molecule has 4 N–H and O–H groups in total. The smallest absolute Gasteiger partial charge is 0.325 e. The number of urea groups is 2. The van der Waals surface area contributed by atoms with E-state index >= 15 is 0 Å². The maximum absolute atomic E-state index is 12.8. The van der Waals surface area contributed by atoms with Gasteiger partial charge in [-0.1, -0.05) is 43.5 Å². The second-order valence-corrected chi connectivity index (χ2v) is 8.35. The van der Waals surface area contributed by atoms with Crippen molar-refractivity contribution in [3.8, 4) is 0 Å². The van der Waals surface area contributed by atoms with Gasteiger partial charge in [-0.15, -0.1) is 0 Å². The summed E-state index contributed by atoms with van der Waals surface area (Å²) in [6.07, 6.45) is 4.18. The van der Waals surface area contributed by atoms with Gasteiger partial charge in [0.05, 0.1) is 0 Å². The van der Waals surface area contributed by atoms with Crippen molar-refractivity contribution in [3.63, 3.8) is 0 Å². The van der Waals surface area contributed by atoms with Crippen LogP contribution in [0.4, 0.5) is 26.7 Å². The fourth-order valence-electron chi connectivity index (χ4n) is 4.30. The zero-order valence-electron chi connectivity index (χ0n) is 18.2. The molecular formula is C24H27N5O4. The van der Waals surface area contributed by atoms with E-state index in [-0.39, 0.29) is 24.8 Å². The van der Waals surface area contributed by atoms with Crippen molar-refractivity contribution in [2.45, 2.75) is 44.1 Å². The van der Waals surface area contributed by atoms with Gasteiger partial charge < -0.3 is 21.3 Å². The average molecular weight is 450 g/mol. The molecule has 9 heteroatoms. The highest BCUT2D eigenvalue weighted by molar-refractivity contribution is 6.07. The van der Waals surface area contributed by atoms with Crippen molar-refractivity contribution in [1.82, 2.24) is 10.2 Å². The predicted octanol–water partition coefficient (Wildman–Crippen LogP) is 3.91. The van der Waals surface area contributed by atoms with Crippen molar-refractivity contribution in [1.29, 1.82) is 0 Å². The van der Waals surface area contributed by atoms with Crippen LogP contribution < -0.4 is 21.3 Å². The molecule has 2 aromatic carbocycles. The third-order valence-corrected chi connectivity index (χ3v) is 5.95. The van der Waals surface area contributed by atoms with Crippen molar-refractivity contribution >= 4 is 40.9 Å². The Morgan fingerprint density at radius 2 is 1.48 bits per heavy atom.